The molecular formula is C17H18N2O3S. The van der Waals surface area contributed by atoms with Crippen LogP contribution in [0.25, 0.3) is 0 Å². The molecule has 1 aromatic heterocycles. The second kappa shape index (κ2) is 6.91. The molecule has 120 valence electrons. The van der Waals surface area contributed by atoms with Crippen molar-refractivity contribution in [2.75, 3.05) is 12.3 Å². The highest BCUT2D eigenvalue weighted by atomic mass is 32.2. The van der Waals surface area contributed by atoms with Crippen LogP contribution in [0.2, 0.25) is 0 Å². The lowest BCUT2D eigenvalue weighted by atomic mass is 10.1. The van der Waals surface area contributed by atoms with Crippen LogP contribution in [0.3, 0.4) is 0 Å². The van der Waals surface area contributed by atoms with Gasteiger partial charge in [-0.2, -0.15) is 0 Å². The number of benzene rings is 1. The second-order valence-corrected chi connectivity index (χ2v) is 6.31. The average molecular weight is 330 g/mol. The highest BCUT2D eigenvalue weighted by Crippen LogP contribution is 2.39. The molecule has 0 unspecified atom stereocenters. The Morgan fingerprint density at radius 1 is 1.35 bits per heavy atom. The summed E-state index contributed by atoms with van der Waals surface area (Å²) >= 11 is 1.59. The molecule has 2 amide bonds. The van der Waals surface area contributed by atoms with Gasteiger partial charge in [-0.05, 0) is 36.8 Å². The maximum Gasteiger partial charge on any atom is 0.251 e. The van der Waals surface area contributed by atoms with Crippen LogP contribution in [0.1, 0.15) is 34.0 Å². The molecule has 23 heavy (non-hydrogen) atoms. The molecule has 1 aliphatic rings. The quantitative estimate of drug-likeness (QED) is 0.916. The zero-order valence-electron chi connectivity index (χ0n) is 12.8. The summed E-state index contributed by atoms with van der Waals surface area (Å²) in [6.07, 6.45) is 1.61. The normalized spacial score (nSPS) is 17.5. The van der Waals surface area contributed by atoms with Gasteiger partial charge in [-0.15, -0.1) is 11.8 Å². The van der Waals surface area contributed by atoms with Crippen molar-refractivity contribution in [3.63, 3.8) is 0 Å². The van der Waals surface area contributed by atoms with Gasteiger partial charge in [0, 0.05) is 12.1 Å². The molecule has 0 saturated carbocycles. The molecule has 5 nitrogen and oxygen atoms in total. The molecule has 0 radical (unpaired) electrons. The van der Waals surface area contributed by atoms with Crippen molar-refractivity contribution < 1.29 is 14.0 Å². The van der Waals surface area contributed by atoms with Crippen molar-refractivity contribution in [3.05, 3.63) is 59.5 Å². The number of carbonyl (C=O) groups excluding carboxylic acids is 2. The summed E-state index contributed by atoms with van der Waals surface area (Å²) in [4.78, 5) is 25.8. The van der Waals surface area contributed by atoms with Gasteiger partial charge in [-0.1, -0.05) is 12.1 Å². The molecule has 0 spiro atoms. The van der Waals surface area contributed by atoms with E-state index in [0.717, 1.165) is 11.3 Å². The summed E-state index contributed by atoms with van der Waals surface area (Å²) in [6, 6.07) is 11.1. The van der Waals surface area contributed by atoms with Crippen molar-refractivity contribution in [1.29, 1.82) is 0 Å². The van der Waals surface area contributed by atoms with Crippen LogP contribution in [-0.4, -0.2) is 29.0 Å². The van der Waals surface area contributed by atoms with Gasteiger partial charge in [-0.3, -0.25) is 9.59 Å². The molecule has 1 aromatic carbocycles. The number of nitrogens with zero attached hydrogens (tertiary/aromatic N) is 1. The van der Waals surface area contributed by atoms with Crippen molar-refractivity contribution >= 4 is 23.6 Å². The fourth-order valence-electron chi connectivity index (χ4n) is 2.53. The van der Waals surface area contributed by atoms with E-state index in [0.29, 0.717) is 24.4 Å². The highest BCUT2D eigenvalue weighted by Gasteiger charge is 2.33. The second-order valence-electron chi connectivity index (χ2n) is 5.25. The monoisotopic (exact) mass is 330 g/mol. The van der Waals surface area contributed by atoms with E-state index in [-0.39, 0.29) is 17.2 Å². The average Bonchev–Trinajstić information content (AvgIpc) is 3.19. The molecule has 1 N–H and O–H groups in total. The maximum absolute atomic E-state index is 12.1. The number of carbonyl (C=O) groups is 2. The van der Waals surface area contributed by atoms with E-state index < -0.39 is 0 Å². The number of nitrogens with one attached hydrogen (secondary N) is 1. The number of amides is 2. The first-order chi connectivity index (χ1) is 11.2. The molecule has 0 aliphatic carbocycles. The van der Waals surface area contributed by atoms with Gasteiger partial charge < -0.3 is 14.6 Å². The predicted molar refractivity (Wildman–Crippen MR) is 88.9 cm³/mol. The Morgan fingerprint density at radius 2 is 2.13 bits per heavy atom. The van der Waals surface area contributed by atoms with Gasteiger partial charge in [0.15, 0.2) is 0 Å². The van der Waals surface area contributed by atoms with Gasteiger partial charge in [0.2, 0.25) is 5.91 Å². The van der Waals surface area contributed by atoms with Crippen LogP contribution in [0.5, 0.6) is 0 Å². The third-order valence-corrected chi connectivity index (χ3v) is 4.93. The Bertz CT molecular complexity index is 682. The van der Waals surface area contributed by atoms with Crippen LogP contribution >= 0.6 is 11.8 Å². The zero-order chi connectivity index (χ0) is 16.2. The zero-order valence-corrected chi connectivity index (χ0v) is 13.6. The van der Waals surface area contributed by atoms with Crippen molar-refractivity contribution in [3.8, 4) is 0 Å². The molecule has 1 atom stereocenters. The lowest BCUT2D eigenvalue weighted by Crippen LogP contribution is -2.27. The van der Waals surface area contributed by atoms with Gasteiger partial charge >= 0.3 is 0 Å². The van der Waals surface area contributed by atoms with Crippen molar-refractivity contribution in [2.24, 2.45) is 0 Å². The minimum absolute atomic E-state index is 0.0455. The Morgan fingerprint density at radius 3 is 2.78 bits per heavy atom. The third kappa shape index (κ3) is 3.42. The molecule has 0 bridgehead atoms. The van der Waals surface area contributed by atoms with Gasteiger partial charge in [0.25, 0.3) is 5.91 Å². The SMILES string of the molecule is CCNC(=O)c1ccc([C@@H]2SCC(=O)N2Cc2ccco2)cc1. The molecular weight excluding hydrogens is 312 g/mol. The number of hydrogen-bond donors (Lipinski definition) is 1. The van der Waals surface area contributed by atoms with Gasteiger partial charge in [0.05, 0.1) is 18.6 Å². The largest absolute Gasteiger partial charge is 0.467 e. The molecule has 1 aliphatic heterocycles. The van der Waals surface area contributed by atoms with Crippen molar-refractivity contribution in [2.45, 2.75) is 18.8 Å². The molecule has 1 fully saturated rings. The first kappa shape index (κ1) is 15.7. The minimum Gasteiger partial charge on any atom is -0.467 e. The van der Waals surface area contributed by atoms with Crippen LogP contribution < -0.4 is 5.32 Å². The van der Waals surface area contributed by atoms with Crippen LogP contribution in [0.15, 0.2) is 47.1 Å². The van der Waals surface area contributed by atoms with E-state index in [9.17, 15) is 9.59 Å². The summed E-state index contributed by atoms with van der Waals surface area (Å²) in [5.41, 5.74) is 1.64. The Hall–Kier alpha value is -2.21. The molecule has 3 rings (SSSR count). The van der Waals surface area contributed by atoms with Crippen LogP contribution in [0, 0.1) is 0 Å². The summed E-state index contributed by atoms with van der Waals surface area (Å²) < 4.78 is 5.35. The Balaban J connectivity index is 1.76. The van der Waals surface area contributed by atoms with E-state index in [2.05, 4.69) is 5.32 Å². The van der Waals surface area contributed by atoms with E-state index in [1.807, 2.05) is 36.1 Å². The number of rotatable bonds is 5. The lowest BCUT2D eigenvalue weighted by Gasteiger charge is -2.23. The third-order valence-electron chi connectivity index (χ3n) is 3.67. The lowest BCUT2D eigenvalue weighted by molar-refractivity contribution is -0.128. The van der Waals surface area contributed by atoms with Gasteiger partial charge in [0.1, 0.15) is 11.1 Å². The Labute approximate surface area is 139 Å². The van der Waals surface area contributed by atoms with Crippen molar-refractivity contribution in [1.82, 2.24) is 10.2 Å². The summed E-state index contributed by atoms with van der Waals surface area (Å²) in [5.74, 6) is 1.25. The fraction of sp³-hybridized carbons (Fsp3) is 0.294. The van der Waals surface area contributed by atoms with E-state index >= 15 is 0 Å². The topological polar surface area (TPSA) is 62.6 Å². The summed E-state index contributed by atoms with van der Waals surface area (Å²) in [7, 11) is 0. The first-order valence-corrected chi connectivity index (χ1v) is 8.55. The standard InChI is InChI=1S/C17H18N2O3S/c1-2-18-16(21)12-5-7-13(8-6-12)17-19(15(20)11-23-17)10-14-4-3-9-22-14/h3-9,17H,2,10-11H2,1H3,(H,18,21)/t17-/m0/s1. The molecule has 6 heteroatoms. The molecule has 1 saturated heterocycles. The Kier molecular flexibility index (Phi) is 4.71. The number of furan rings is 1. The first-order valence-electron chi connectivity index (χ1n) is 7.50. The van der Waals surface area contributed by atoms with E-state index in [1.165, 1.54) is 0 Å². The minimum atomic E-state index is -0.0818. The molecule has 2 aromatic rings. The number of hydrogen-bond acceptors (Lipinski definition) is 4. The van der Waals surface area contributed by atoms with Crippen LogP contribution in [-0.2, 0) is 11.3 Å². The highest BCUT2D eigenvalue weighted by molar-refractivity contribution is 8.00. The van der Waals surface area contributed by atoms with E-state index in [1.54, 1.807) is 30.2 Å². The van der Waals surface area contributed by atoms with Gasteiger partial charge in [-0.25, -0.2) is 0 Å². The molecule has 2 heterocycles. The van der Waals surface area contributed by atoms with Crippen LogP contribution in [0.4, 0.5) is 0 Å². The number of thioether (sulfide) groups is 1. The predicted octanol–water partition coefficient (Wildman–Crippen LogP) is 2.80. The summed E-state index contributed by atoms with van der Waals surface area (Å²) in [6.45, 7) is 2.95. The summed E-state index contributed by atoms with van der Waals surface area (Å²) in [5, 5.41) is 2.73. The fourth-order valence-corrected chi connectivity index (χ4v) is 3.72. The van der Waals surface area contributed by atoms with E-state index in [4.69, 9.17) is 4.42 Å². The maximum atomic E-state index is 12.1. The smallest absolute Gasteiger partial charge is 0.251 e.